The zero-order valence-electron chi connectivity index (χ0n) is 8.27. The van der Waals surface area contributed by atoms with Gasteiger partial charge in [-0.25, -0.2) is 4.98 Å². The number of hydrogen-bond donors (Lipinski definition) is 0. The van der Waals surface area contributed by atoms with E-state index in [-0.39, 0.29) is 11.3 Å². The molecule has 0 aromatic carbocycles. The summed E-state index contributed by atoms with van der Waals surface area (Å²) in [7, 11) is 0. The Labute approximate surface area is 90.2 Å². The van der Waals surface area contributed by atoms with Crippen LogP contribution in [0.3, 0.4) is 0 Å². The number of hydrogen-bond acceptors (Lipinski definition) is 4. The lowest BCUT2D eigenvalue weighted by Crippen LogP contribution is -2.20. The van der Waals surface area contributed by atoms with E-state index in [4.69, 9.17) is 0 Å². The largest absolute Gasteiger partial charge is 0.300 e. The first-order valence-corrected chi connectivity index (χ1v) is 5.48. The maximum atomic E-state index is 11.8. The predicted octanol–water partition coefficient (Wildman–Crippen LogP) is 1.44. The van der Waals surface area contributed by atoms with Gasteiger partial charge in [-0.1, -0.05) is 0 Å². The average Bonchev–Trinajstić information content (AvgIpc) is 2.65. The molecule has 0 atom stereocenters. The molecule has 78 valence electrons. The third-order valence-electron chi connectivity index (χ3n) is 2.16. The van der Waals surface area contributed by atoms with E-state index < -0.39 is 0 Å². The van der Waals surface area contributed by atoms with E-state index in [0.29, 0.717) is 18.4 Å². The number of carbonyl (C=O) groups excluding carboxylic acids is 1. The van der Waals surface area contributed by atoms with E-state index in [0.717, 1.165) is 4.83 Å². The first-order chi connectivity index (χ1) is 7.18. The summed E-state index contributed by atoms with van der Waals surface area (Å²) in [6.45, 7) is 1.93. The minimum atomic E-state index is -0.0671. The van der Waals surface area contributed by atoms with Crippen molar-refractivity contribution in [3.63, 3.8) is 0 Å². The Balaban J connectivity index is 2.40. The van der Waals surface area contributed by atoms with Crippen molar-refractivity contribution in [1.29, 1.82) is 0 Å². The standard InChI is InChI=1S/C10H10N2O2S/c1-7(13)2-4-12-6-11-9-8(10(12)14)3-5-15-9/h3,5-6H,2,4H2,1H3. The van der Waals surface area contributed by atoms with Gasteiger partial charge in [0, 0.05) is 13.0 Å². The summed E-state index contributed by atoms with van der Waals surface area (Å²) in [4.78, 5) is 27.5. The third-order valence-corrected chi connectivity index (χ3v) is 2.98. The Morgan fingerprint density at radius 3 is 3.13 bits per heavy atom. The molecular formula is C10H10N2O2S. The van der Waals surface area contributed by atoms with Crippen molar-refractivity contribution >= 4 is 27.3 Å². The Morgan fingerprint density at radius 1 is 1.60 bits per heavy atom. The van der Waals surface area contributed by atoms with Crippen molar-refractivity contribution in [2.45, 2.75) is 19.9 Å². The molecule has 0 aliphatic rings. The van der Waals surface area contributed by atoms with E-state index in [1.807, 2.05) is 5.38 Å². The van der Waals surface area contributed by atoms with Crippen LogP contribution in [0.2, 0.25) is 0 Å². The van der Waals surface area contributed by atoms with Crippen LogP contribution in [0.4, 0.5) is 0 Å². The highest BCUT2D eigenvalue weighted by Gasteiger charge is 2.05. The number of Topliss-reactive ketones (excluding diaryl/α,β-unsaturated/α-hetero) is 1. The van der Waals surface area contributed by atoms with Crippen LogP contribution < -0.4 is 5.56 Å². The number of aromatic nitrogens is 2. The Morgan fingerprint density at radius 2 is 2.40 bits per heavy atom. The lowest BCUT2D eigenvalue weighted by atomic mass is 10.3. The Bertz CT molecular complexity index is 556. The van der Waals surface area contributed by atoms with Crippen molar-refractivity contribution in [3.8, 4) is 0 Å². The van der Waals surface area contributed by atoms with Gasteiger partial charge >= 0.3 is 0 Å². The van der Waals surface area contributed by atoms with Crippen LogP contribution in [-0.2, 0) is 11.3 Å². The van der Waals surface area contributed by atoms with Crippen LogP contribution in [0.25, 0.3) is 10.2 Å². The summed E-state index contributed by atoms with van der Waals surface area (Å²) in [5.41, 5.74) is -0.0671. The fourth-order valence-electron chi connectivity index (χ4n) is 1.33. The van der Waals surface area contributed by atoms with Crippen LogP contribution in [0, 0.1) is 0 Å². The third kappa shape index (κ3) is 1.97. The molecular weight excluding hydrogens is 212 g/mol. The van der Waals surface area contributed by atoms with Gasteiger partial charge in [0.05, 0.1) is 11.7 Å². The van der Waals surface area contributed by atoms with Crippen molar-refractivity contribution in [1.82, 2.24) is 9.55 Å². The Kier molecular flexibility index (Phi) is 2.64. The number of rotatable bonds is 3. The van der Waals surface area contributed by atoms with Crippen LogP contribution >= 0.6 is 11.3 Å². The molecule has 2 rings (SSSR count). The van der Waals surface area contributed by atoms with Crippen molar-refractivity contribution in [2.24, 2.45) is 0 Å². The molecule has 0 amide bonds. The van der Waals surface area contributed by atoms with Crippen molar-refractivity contribution in [3.05, 3.63) is 28.1 Å². The molecule has 0 N–H and O–H groups in total. The predicted molar refractivity (Wildman–Crippen MR) is 59.2 cm³/mol. The second-order valence-electron chi connectivity index (χ2n) is 3.33. The van der Waals surface area contributed by atoms with Gasteiger partial charge in [0.1, 0.15) is 10.6 Å². The molecule has 2 heterocycles. The summed E-state index contributed by atoms with van der Waals surface area (Å²) in [6, 6.07) is 1.76. The number of ketones is 1. The first-order valence-electron chi connectivity index (χ1n) is 4.60. The maximum Gasteiger partial charge on any atom is 0.262 e. The fourth-order valence-corrected chi connectivity index (χ4v) is 2.05. The number of fused-ring (bicyclic) bond motifs is 1. The molecule has 0 spiro atoms. The molecule has 2 aromatic heterocycles. The van der Waals surface area contributed by atoms with Crippen LogP contribution in [0.15, 0.2) is 22.6 Å². The van der Waals surface area contributed by atoms with E-state index in [2.05, 4.69) is 4.98 Å². The minimum absolute atomic E-state index is 0.0671. The van der Waals surface area contributed by atoms with Gasteiger partial charge in [-0.05, 0) is 18.4 Å². The van der Waals surface area contributed by atoms with Crippen LogP contribution in [-0.4, -0.2) is 15.3 Å². The highest BCUT2D eigenvalue weighted by atomic mass is 32.1. The van der Waals surface area contributed by atoms with Gasteiger partial charge in [0.15, 0.2) is 0 Å². The fraction of sp³-hybridized carbons (Fsp3) is 0.300. The lowest BCUT2D eigenvalue weighted by molar-refractivity contribution is -0.117. The normalized spacial score (nSPS) is 10.7. The van der Waals surface area contributed by atoms with Gasteiger partial charge in [-0.3, -0.25) is 14.2 Å². The van der Waals surface area contributed by atoms with Gasteiger partial charge in [0.2, 0.25) is 0 Å². The number of aryl methyl sites for hydroxylation is 1. The molecule has 5 heteroatoms. The molecule has 0 radical (unpaired) electrons. The monoisotopic (exact) mass is 222 g/mol. The molecule has 0 saturated carbocycles. The van der Waals surface area contributed by atoms with E-state index in [9.17, 15) is 9.59 Å². The molecule has 0 aliphatic heterocycles. The second-order valence-corrected chi connectivity index (χ2v) is 4.23. The van der Waals surface area contributed by atoms with Crippen molar-refractivity contribution in [2.75, 3.05) is 0 Å². The molecule has 0 aliphatic carbocycles. The summed E-state index contributed by atoms with van der Waals surface area (Å²) in [5.74, 6) is 0.0762. The van der Waals surface area contributed by atoms with Gasteiger partial charge < -0.3 is 0 Å². The summed E-state index contributed by atoms with van der Waals surface area (Å²) < 4.78 is 1.48. The molecule has 2 aromatic rings. The SMILES string of the molecule is CC(=O)CCn1cnc2sccc2c1=O. The zero-order valence-corrected chi connectivity index (χ0v) is 9.08. The van der Waals surface area contributed by atoms with E-state index in [1.54, 1.807) is 6.07 Å². The number of thiophene rings is 1. The quantitative estimate of drug-likeness (QED) is 0.789. The molecule has 15 heavy (non-hydrogen) atoms. The van der Waals surface area contributed by atoms with Gasteiger partial charge in [-0.15, -0.1) is 11.3 Å². The summed E-state index contributed by atoms with van der Waals surface area (Å²) >= 11 is 1.44. The highest BCUT2D eigenvalue weighted by Crippen LogP contribution is 2.13. The highest BCUT2D eigenvalue weighted by molar-refractivity contribution is 7.16. The molecule has 4 nitrogen and oxygen atoms in total. The summed E-state index contributed by atoms with van der Waals surface area (Å²) in [5, 5.41) is 2.47. The van der Waals surface area contributed by atoms with Crippen LogP contribution in [0.5, 0.6) is 0 Å². The summed E-state index contributed by atoms with van der Waals surface area (Å²) in [6.07, 6.45) is 1.88. The zero-order chi connectivity index (χ0) is 10.8. The first kappa shape index (κ1) is 10.0. The molecule has 0 saturated heterocycles. The van der Waals surface area contributed by atoms with Crippen molar-refractivity contribution < 1.29 is 4.79 Å². The lowest BCUT2D eigenvalue weighted by Gasteiger charge is -2.02. The topological polar surface area (TPSA) is 52.0 Å². The number of nitrogens with zero attached hydrogens (tertiary/aromatic N) is 2. The average molecular weight is 222 g/mol. The molecule has 0 fully saturated rings. The van der Waals surface area contributed by atoms with E-state index >= 15 is 0 Å². The Hall–Kier alpha value is -1.49. The maximum absolute atomic E-state index is 11.8. The number of carbonyl (C=O) groups is 1. The van der Waals surface area contributed by atoms with Crippen LogP contribution in [0.1, 0.15) is 13.3 Å². The molecule has 0 bridgehead atoms. The van der Waals surface area contributed by atoms with Gasteiger partial charge in [-0.2, -0.15) is 0 Å². The molecule has 0 unspecified atom stereocenters. The smallest absolute Gasteiger partial charge is 0.262 e. The van der Waals surface area contributed by atoms with E-state index in [1.165, 1.54) is 29.2 Å². The van der Waals surface area contributed by atoms with Gasteiger partial charge in [0.25, 0.3) is 5.56 Å². The minimum Gasteiger partial charge on any atom is -0.300 e. The second kappa shape index (κ2) is 3.94.